The molecule has 4 heterocycles. The molecule has 4 aliphatic rings. The van der Waals surface area contributed by atoms with Gasteiger partial charge in [-0.3, -0.25) is 29.3 Å². The van der Waals surface area contributed by atoms with Crippen molar-refractivity contribution in [3.8, 4) is 23.0 Å². The molecule has 0 saturated carbocycles. The number of nitro groups is 1. The number of nitrogens with zero attached hydrogens (tertiary/aromatic N) is 1. The van der Waals surface area contributed by atoms with Gasteiger partial charge in [-0.2, -0.15) is 0 Å². The van der Waals surface area contributed by atoms with E-state index < -0.39 is 22.4 Å². The van der Waals surface area contributed by atoms with E-state index in [-0.39, 0.29) is 81.0 Å². The van der Waals surface area contributed by atoms with Gasteiger partial charge in [0, 0.05) is 34.4 Å². The number of benzene rings is 4. The summed E-state index contributed by atoms with van der Waals surface area (Å²) in [5.41, 5.74) is 0.683. The molecule has 0 spiro atoms. The summed E-state index contributed by atoms with van der Waals surface area (Å²) in [6.07, 6.45) is 0. The lowest BCUT2D eigenvalue weighted by Gasteiger charge is -2.21. The average Bonchev–Trinajstić information content (AvgIpc) is 3.18. The zero-order valence-electron chi connectivity index (χ0n) is 30.8. The van der Waals surface area contributed by atoms with E-state index in [0.29, 0.717) is 34.1 Å². The van der Waals surface area contributed by atoms with Crippen LogP contribution in [-0.4, -0.2) is 81.2 Å². The zero-order chi connectivity index (χ0) is 39.4. The maximum absolute atomic E-state index is 13.2. The highest BCUT2D eigenvalue weighted by atomic mass is 16.6. The second-order valence-corrected chi connectivity index (χ2v) is 13.4. The van der Waals surface area contributed by atoms with Gasteiger partial charge >= 0.3 is 0 Å². The number of rotatable bonds is 1. The predicted molar refractivity (Wildman–Crippen MR) is 202 cm³/mol. The number of nitrogens with one attached hydrogen (secondary N) is 4. The lowest BCUT2D eigenvalue weighted by molar-refractivity contribution is -0.384. The van der Waals surface area contributed by atoms with Gasteiger partial charge in [0.15, 0.2) is 0 Å². The molecule has 4 amide bonds. The lowest BCUT2D eigenvalue weighted by Crippen LogP contribution is -2.31. The minimum atomic E-state index is -0.676. The third-order valence-corrected chi connectivity index (χ3v) is 8.25. The van der Waals surface area contributed by atoms with Crippen molar-refractivity contribution in [2.75, 3.05) is 52.6 Å². The van der Waals surface area contributed by atoms with Gasteiger partial charge in [0.05, 0.1) is 31.1 Å². The highest BCUT2D eigenvalue weighted by Gasteiger charge is 2.21. The molecule has 0 aromatic heterocycles. The number of carbonyl (C=O) groups excluding carboxylic acids is 4. The minimum absolute atomic E-state index is 0.0571. The summed E-state index contributed by atoms with van der Waals surface area (Å²) in [6.45, 7) is 7.14. The molecule has 15 heteroatoms. The molecule has 8 rings (SSSR count). The van der Waals surface area contributed by atoms with Gasteiger partial charge in [-0.25, -0.2) is 0 Å². The van der Waals surface area contributed by atoms with Crippen molar-refractivity contribution in [3.63, 3.8) is 0 Å². The van der Waals surface area contributed by atoms with E-state index in [9.17, 15) is 29.3 Å². The second kappa shape index (κ2) is 18.4. The van der Waals surface area contributed by atoms with Crippen LogP contribution in [0.5, 0.6) is 23.0 Å². The quantitative estimate of drug-likeness (QED) is 0.159. The third-order valence-electron chi connectivity index (χ3n) is 8.25. The van der Waals surface area contributed by atoms with E-state index in [2.05, 4.69) is 21.3 Å². The van der Waals surface area contributed by atoms with Crippen LogP contribution in [0.15, 0.2) is 84.9 Å². The number of ether oxygens (including phenoxy) is 4. The molecule has 4 aromatic rings. The van der Waals surface area contributed by atoms with Crippen molar-refractivity contribution in [2.45, 2.75) is 26.2 Å². The Labute approximate surface area is 317 Å². The van der Waals surface area contributed by atoms with E-state index in [1.165, 1.54) is 6.07 Å². The number of amides is 4. The van der Waals surface area contributed by atoms with E-state index in [4.69, 9.17) is 18.9 Å². The van der Waals surface area contributed by atoms with Gasteiger partial charge in [0.2, 0.25) is 0 Å². The number of nitro benzene ring substituents is 1. The first-order valence-corrected chi connectivity index (χ1v) is 17.6. The monoisotopic (exact) mass is 753 g/mol. The van der Waals surface area contributed by atoms with Gasteiger partial charge in [0.1, 0.15) is 49.4 Å². The molecule has 55 heavy (non-hydrogen) atoms. The van der Waals surface area contributed by atoms with Crippen LogP contribution >= 0.6 is 0 Å². The topological polar surface area (TPSA) is 196 Å². The maximum Gasteiger partial charge on any atom is 0.271 e. The number of non-ortho nitro benzene ring substituents is 1. The Morgan fingerprint density at radius 3 is 1.02 bits per heavy atom. The van der Waals surface area contributed by atoms with Gasteiger partial charge in [-0.1, -0.05) is 20.8 Å². The fourth-order valence-corrected chi connectivity index (χ4v) is 5.31. The van der Waals surface area contributed by atoms with Crippen LogP contribution < -0.4 is 40.2 Å². The molecule has 4 N–H and O–H groups in total. The number of carbonyl (C=O) groups is 4. The smallest absolute Gasteiger partial charge is 0.271 e. The van der Waals surface area contributed by atoms with Crippen molar-refractivity contribution in [1.29, 1.82) is 0 Å². The van der Waals surface area contributed by atoms with E-state index in [1.807, 2.05) is 20.8 Å². The molecule has 0 saturated heterocycles. The molecule has 0 radical (unpaired) electrons. The first-order valence-electron chi connectivity index (χ1n) is 17.6. The summed E-state index contributed by atoms with van der Waals surface area (Å²) in [5, 5.41) is 22.6. The summed E-state index contributed by atoms with van der Waals surface area (Å²) in [7, 11) is 0. The molecule has 0 atom stereocenters. The van der Waals surface area contributed by atoms with Crippen LogP contribution in [0.4, 0.5) is 5.69 Å². The summed E-state index contributed by atoms with van der Waals surface area (Å²) >= 11 is 0. The zero-order valence-corrected chi connectivity index (χ0v) is 30.8. The summed E-state index contributed by atoms with van der Waals surface area (Å²) in [5.74, 6) is 0.183. The fourth-order valence-electron chi connectivity index (χ4n) is 5.31. The summed E-state index contributed by atoms with van der Waals surface area (Å²) in [6, 6.07) is 22.1. The highest BCUT2D eigenvalue weighted by molar-refractivity contribution is 6.01. The fraction of sp³-hybridized carbons (Fsp3) is 0.300. The van der Waals surface area contributed by atoms with Crippen molar-refractivity contribution in [1.82, 2.24) is 21.3 Å². The molecule has 0 aliphatic carbocycles. The van der Waals surface area contributed by atoms with Crippen molar-refractivity contribution >= 4 is 29.3 Å². The van der Waals surface area contributed by atoms with Gasteiger partial charge in [-0.05, 0) is 83.8 Å². The molecule has 15 nitrogen and oxygen atoms in total. The third kappa shape index (κ3) is 11.7. The van der Waals surface area contributed by atoms with E-state index in [0.717, 1.165) is 17.7 Å². The normalized spacial score (nSPS) is 15.3. The van der Waals surface area contributed by atoms with Crippen LogP contribution in [-0.2, 0) is 5.41 Å². The number of hydrogen-bond acceptors (Lipinski definition) is 10. The Kier molecular flexibility index (Phi) is 13.2. The molecule has 4 aliphatic heterocycles. The first-order chi connectivity index (χ1) is 26.4. The molecule has 0 fully saturated rings. The SMILES string of the molecule is CC(C)(C)c1cc2cc(c1)C(=O)NCCOc1ccc(cc1)OCCNC(=O)c1cc(cc([N+](=O)[O-])c1)C(=O)NCCOc1ccc(cc1)OCCNC2=O. The Hall–Kier alpha value is -6.64. The highest BCUT2D eigenvalue weighted by Crippen LogP contribution is 2.25. The predicted octanol–water partition coefficient (Wildman–Crippen LogP) is 4.44. The Morgan fingerprint density at radius 1 is 0.491 bits per heavy atom. The Morgan fingerprint density at radius 2 is 0.764 bits per heavy atom. The Bertz CT molecular complexity index is 1890. The minimum Gasteiger partial charge on any atom is -0.492 e. The second-order valence-electron chi connectivity index (χ2n) is 13.4. The van der Waals surface area contributed by atoms with Crippen molar-refractivity contribution in [2.24, 2.45) is 0 Å². The van der Waals surface area contributed by atoms with Crippen LogP contribution in [0.1, 0.15) is 67.8 Å². The number of hydrogen-bond donors (Lipinski definition) is 4. The van der Waals surface area contributed by atoms with E-state index in [1.54, 1.807) is 66.7 Å². The van der Waals surface area contributed by atoms with Gasteiger partial charge < -0.3 is 40.2 Å². The van der Waals surface area contributed by atoms with Crippen molar-refractivity contribution in [3.05, 3.63) is 123 Å². The van der Waals surface area contributed by atoms with Crippen LogP contribution in [0.25, 0.3) is 0 Å². The largest absolute Gasteiger partial charge is 0.492 e. The average molecular weight is 754 g/mol. The lowest BCUT2D eigenvalue weighted by atomic mass is 9.85. The molecular formula is C40H43N5O10. The summed E-state index contributed by atoms with van der Waals surface area (Å²) in [4.78, 5) is 63.0. The van der Waals surface area contributed by atoms with E-state index >= 15 is 0 Å². The molecule has 8 bridgehead atoms. The molecular weight excluding hydrogens is 710 g/mol. The van der Waals surface area contributed by atoms with Crippen LogP contribution in [0.3, 0.4) is 0 Å². The van der Waals surface area contributed by atoms with Gasteiger partial charge in [0.25, 0.3) is 29.3 Å². The molecule has 0 unspecified atom stereocenters. The van der Waals surface area contributed by atoms with Crippen molar-refractivity contribution < 1.29 is 43.0 Å². The maximum atomic E-state index is 13.2. The van der Waals surface area contributed by atoms with Gasteiger partial charge in [-0.15, -0.1) is 0 Å². The van der Waals surface area contributed by atoms with Crippen LogP contribution in [0, 0.1) is 10.1 Å². The van der Waals surface area contributed by atoms with Crippen LogP contribution in [0.2, 0.25) is 0 Å². The summed E-state index contributed by atoms with van der Waals surface area (Å²) < 4.78 is 22.9. The molecule has 4 aromatic carbocycles. The first kappa shape index (κ1) is 39.6. The standard InChI is InChI=1S/C40H43N5O10/c1-40(2,3)30-22-26-20-27(23-30)37(47)42-13-17-53-33-6-10-35(11-7-33)55-19-15-44-39(49)29-21-28(24-31(25-29)45(50)51)38(48)43-14-18-54-34-8-4-32(5-9-34)52-16-12-41-36(26)46/h4-11,20-25H,12-19H2,1-3H3,(H,41,46)(H,42,47)(H,43,48)(H,44,49). The molecule has 288 valence electrons. The Balaban J connectivity index is 1.27.